The Labute approximate surface area is 242 Å². The number of halogens is 2. The van der Waals surface area contributed by atoms with Crippen LogP contribution in [0.5, 0.6) is 5.75 Å². The predicted molar refractivity (Wildman–Crippen MR) is 155 cm³/mol. The molecule has 1 aromatic carbocycles. The van der Waals surface area contributed by atoms with Gasteiger partial charge in [0.1, 0.15) is 11.9 Å². The second kappa shape index (κ2) is 11.9. The zero-order chi connectivity index (χ0) is 27.6. The van der Waals surface area contributed by atoms with Crippen LogP contribution in [-0.4, -0.2) is 56.0 Å². The lowest BCUT2D eigenvalue weighted by atomic mass is 9.47. The highest BCUT2D eigenvalue weighted by Crippen LogP contribution is 2.64. The van der Waals surface area contributed by atoms with Gasteiger partial charge in [-0.25, -0.2) is 4.79 Å². The number of rotatable bonds is 9. The summed E-state index contributed by atoms with van der Waals surface area (Å²) in [5.41, 5.74) is 1.07. The summed E-state index contributed by atoms with van der Waals surface area (Å²) in [6, 6.07) is 7.67. The van der Waals surface area contributed by atoms with Gasteiger partial charge in [0.2, 0.25) is 5.91 Å². The molecule has 1 N–H and O–H groups in total. The summed E-state index contributed by atoms with van der Waals surface area (Å²) in [4.78, 5) is 27.1. The van der Waals surface area contributed by atoms with Crippen LogP contribution in [0.4, 0.5) is 5.69 Å². The summed E-state index contributed by atoms with van der Waals surface area (Å²) in [6.07, 6.45) is 10.4. The maximum atomic E-state index is 12.9. The Kier molecular flexibility index (Phi) is 8.73. The number of ether oxygens (including phenoxy) is 2. The van der Waals surface area contributed by atoms with Gasteiger partial charge < -0.3 is 19.7 Å². The highest BCUT2D eigenvalue weighted by atomic mass is 35.5. The molecule has 0 spiro atoms. The smallest absolute Gasteiger partial charge is 0.344 e. The first-order valence-electron chi connectivity index (χ1n) is 14.5. The Balaban J connectivity index is 1.18. The number of anilines is 1. The predicted octanol–water partition coefficient (Wildman–Crippen LogP) is 5.81. The Morgan fingerprint density at radius 1 is 1.03 bits per heavy atom. The molecule has 1 aromatic rings. The lowest BCUT2D eigenvalue weighted by Crippen LogP contribution is -2.53. The topological polar surface area (TPSA) is 67.9 Å². The van der Waals surface area contributed by atoms with E-state index in [9.17, 15) is 9.59 Å². The second-order valence-electron chi connectivity index (χ2n) is 12.3. The average Bonchev–Trinajstić information content (AvgIpc) is 3.17. The number of nitrogens with zero attached hydrogens (tertiary/aromatic N) is 1. The standard InChI is InChI=1S/C31H42Cl2N2O4/c1-30-14-12-28(36)34-19-21(30)3-8-24-25-9-10-27(31(25,2)13-11-26(24)30)39-29(37)20-38-23-6-4-22(5-7-23)35(17-15-32)18-16-33/h4-7,12,14,21,24-27H,3,8-11,13,15-20H2,1-2H3,(H,34,36)/t21-,24+,25-,26-,27-,30-,31-/m0/s1. The number of hydrogen-bond acceptors (Lipinski definition) is 5. The number of esters is 1. The van der Waals surface area contributed by atoms with E-state index in [0.717, 1.165) is 57.4 Å². The number of carbonyl (C=O) groups excluding carboxylic acids is 2. The highest BCUT2D eigenvalue weighted by Gasteiger charge is 2.60. The minimum absolute atomic E-state index is 0.00150. The van der Waals surface area contributed by atoms with E-state index in [-0.39, 0.29) is 35.4 Å². The first-order valence-corrected chi connectivity index (χ1v) is 15.6. The van der Waals surface area contributed by atoms with Crippen LogP contribution in [0, 0.1) is 34.5 Å². The Morgan fingerprint density at radius 2 is 1.77 bits per heavy atom. The zero-order valence-electron chi connectivity index (χ0n) is 23.2. The Morgan fingerprint density at radius 3 is 2.49 bits per heavy atom. The van der Waals surface area contributed by atoms with Gasteiger partial charge in [-0.05, 0) is 98.0 Å². The largest absolute Gasteiger partial charge is 0.482 e. The van der Waals surface area contributed by atoms with Crippen molar-refractivity contribution < 1.29 is 19.1 Å². The molecule has 3 fully saturated rings. The molecule has 6 nitrogen and oxygen atoms in total. The second-order valence-corrected chi connectivity index (χ2v) is 13.1. The van der Waals surface area contributed by atoms with Gasteiger partial charge in [-0.3, -0.25) is 4.79 Å². The maximum Gasteiger partial charge on any atom is 0.344 e. The molecule has 8 heteroatoms. The quantitative estimate of drug-likeness (QED) is 0.297. The van der Waals surface area contributed by atoms with Gasteiger partial charge >= 0.3 is 5.97 Å². The number of nitrogens with one attached hydrogen (secondary N) is 1. The van der Waals surface area contributed by atoms with Crippen molar-refractivity contribution >= 4 is 40.8 Å². The van der Waals surface area contributed by atoms with E-state index in [0.29, 0.717) is 41.2 Å². The van der Waals surface area contributed by atoms with Crippen LogP contribution in [0.15, 0.2) is 36.4 Å². The van der Waals surface area contributed by atoms with Crippen molar-refractivity contribution in [3.63, 3.8) is 0 Å². The van der Waals surface area contributed by atoms with Crippen LogP contribution < -0.4 is 15.0 Å². The molecular formula is C31H42Cl2N2O4. The van der Waals surface area contributed by atoms with Crippen molar-refractivity contribution in [3.8, 4) is 5.75 Å². The van der Waals surface area contributed by atoms with Crippen LogP contribution in [0.2, 0.25) is 0 Å². The fourth-order valence-corrected chi connectivity index (χ4v) is 8.81. The first kappa shape index (κ1) is 28.6. The molecule has 5 rings (SSSR count). The molecule has 3 aliphatic carbocycles. The molecule has 0 saturated heterocycles. The molecule has 0 radical (unpaired) electrons. The van der Waals surface area contributed by atoms with E-state index in [1.54, 1.807) is 6.08 Å². The van der Waals surface area contributed by atoms with Gasteiger partial charge in [0.25, 0.3) is 0 Å². The lowest BCUT2D eigenvalue weighted by molar-refractivity contribution is -0.163. The van der Waals surface area contributed by atoms with Crippen molar-refractivity contribution in [1.82, 2.24) is 5.32 Å². The third-order valence-corrected chi connectivity index (χ3v) is 10.9. The summed E-state index contributed by atoms with van der Waals surface area (Å²) < 4.78 is 11.9. The molecule has 0 bridgehead atoms. The number of alkyl halides is 2. The molecule has 7 atom stereocenters. The van der Waals surface area contributed by atoms with Crippen molar-refractivity contribution in [1.29, 1.82) is 0 Å². The molecule has 1 aliphatic heterocycles. The normalized spacial score (nSPS) is 35.2. The first-order chi connectivity index (χ1) is 18.8. The monoisotopic (exact) mass is 576 g/mol. The van der Waals surface area contributed by atoms with Crippen LogP contribution in [0.3, 0.4) is 0 Å². The summed E-state index contributed by atoms with van der Waals surface area (Å²) in [7, 11) is 0. The number of hydrogen-bond donors (Lipinski definition) is 1. The van der Waals surface area contributed by atoms with Crippen molar-refractivity contribution in [2.45, 2.75) is 58.5 Å². The van der Waals surface area contributed by atoms with E-state index in [1.807, 2.05) is 24.3 Å². The SMILES string of the molecule is C[C@]12C=CC(=O)NC[C@@H]1CC[C@H]1[C@@H]2CC[C@]2(C)[C@@H](OC(=O)COc3ccc(N(CCCl)CCCl)cc3)CC[C@@H]12. The minimum Gasteiger partial charge on any atom is -0.482 e. The van der Waals surface area contributed by atoms with Gasteiger partial charge in [0.05, 0.1) is 0 Å². The van der Waals surface area contributed by atoms with Crippen LogP contribution in [0.1, 0.15) is 52.4 Å². The molecular weight excluding hydrogens is 535 g/mol. The molecule has 0 aromatic heterocycles. The Bertz CT molecular complexity index is 1060. The average molecular weight is 578 g/mol. The molecule has 3 saturated carbocycles. The van der Waals surface area contributed by atoms with Crippen molar-refractivity contribution in [2.24, 2.45) is 34.5 Å². The van der Waals surface area contributed by atoms with Gasteiger partial charge in [-0.1, -0.05) is 19.9 Å². The third kappa shape index (κ3) is 5.66. The van der Waals surface area contributed by atoms with Gasteiger partial charge in [-0.2, -0.15) is 0 Å². The van der Waals surface area contributed by atoms with Crippen LogP contribution >= 0.6 is 23.2 Å². The molecule has 0 unspecified atom stereocenters. The van der Waals surface area contributed by atoms with E-state index < -0.39 is 0 Å². The number of benzene rings is 1. The molecule has 1 amide bonds. The molecule has 214 valence electrons. The number of allylic oxidation sites excluding steroid dienone is 1. The van der Waals surface area contributed by atoms with E-state index in [4.69, 9.17) is 32.7 Å². The third-order valence-electron chi connectivity index (χ3n) is 10.5. The number of fused-ring (bicyclic) bond motifs is 5. The molecule has 1 heterocycles. The van der Waals surface area contributed by atoms with Crippen molar-refractivity contribution in [3.05, 3.63) is 36.4 Å². The van der Waals surface area contributed by atoms with Crippen molar-refractivity contribution in [2.75, 3.05) is 42.9 Å². The van der Waals surface area contributed by atoms with Crippen LogP contribution in [0.25, 0.3) is 0 Å². The van der Waals surface area contributed by atoms with Crippen LogP contribution in [-0.2, 0) is 14.3 Å². The van der Waals surface area contributed by atoms with Gasteiger partial charge in [0, 0.05) is 42.5 Å². The van der Waals surface area contributed by atoms with E-state index in [2.05, 4.69) is 30.1 Å². The summed E-state index contributed by atoms with van der Waals surface area (Å²) in [5, 5.41) is 3.08. The fourth-order valence-electron chi connectivity index (χ4n) is 8.40. The Hall–Kier alpha value is -1.92. The molecule has 4 aliphatic rings. The highest BCUT2D eigenvalue weighted by molar-refractivity contribution is 6.18. The summed E-state index contributed by atoms with van der Waals surface area (Å²) in [6.45, 7) is 6.83. The van der Waals surface area contributed by atoms with Gasteiger partial charge in [-0.15, -0.1) is 23.2 Å². The number of carbonyl (C=O) groups is 2. The lowest BCUT2D eigenvalue weighted by Gasteiger charge is -2.57. The van der Waals surface area contributed by atoms with E-state index >= 15 is 0 Å². The van der Waals surface area contributed by atoms with E-state index in [1.165, 1.54) is 6.42 Å². The zero-order valence-corrected chi connectivity index (χ0v) is 24.7. The van der Waals surface area contributed by atoms with Gasteiger partial charge in [0.15, 0.2) is 6.61 Å². The molecule has 39 heavy (non-hydrogen) atoms. The summed E-state index contributed by atoms with van der Waals surface area (Å²) in [5.74, 6) is 3.65. The number of amides is 1. The maximum absolute atomic E-state index is 12.9. The minimum atomic E-state index is -0.300. The fraction of sp³-hybridized carbons (Fsp3) is 0.677. The summed E-state index contributed by atoms with van der Waals surface area (Å²) >= 11 is 11.8.